The fourth-order valence-corrected chi connectivity index (χ4v) is 4.27. The van der Waals surface area contributed by atoms with Crippen LogP contribution in [-0.4, -0.2) is 30.4 Å². The van der Waals surface area contributed by atoms with Crippen LogP contribution in [0.1, 0.15) is 58.5 Å². The van der Waals surface area contributed by atoms with E-state index in [2.05, 4.69) is 10.2 Å². The molecule has 1 saturated heterocycles. The lowest BCUT2D eigenvalue weighted by Crippen LogP contribution is -2.40. The zero-order valence-corrected chi connectivity index (χ0v) is 17.8. The summed E-state index contributed by atoms with van der Waals surface area (Å²) in [6.07, 6.45) is 3.51. The number of piperidine rings is 1. The van der Waals surface area contributed by atoms with Crippen molar-refractivity contribution >= 4 is 16.9 Å². The number of aryl methyl sites for hydroxylation is 3. The van der Waals surface area contributed by atoms with Crippen LogP contribution in [0.5, 0.6) is 0 Å². The topological polar surface area (TPSA) is 75.7 Å². The first kappa shape index (κ1) is 20.4. The lowest BCUT2D eigenvalue weighted by atomic mass is 10.1. The molecular formula is C24H28N2O4. The second-order valence-electron chi connectivity index (χ2n) is 8.20. The number of amides is 1. The van der Waals surface area contributed by atoms with Gasteiger partial charge in [0, 0.05) is 12.6 Å². The van der Waals surface area contributed by atoms with Gasteiger partial charge in [0.25, 0.3) is 5.91 Å². The van der Waals surface area contributed by atoms with Gasteiger partial charge >= 0.3 is 0 Å². The first-order valence-corrected chi connectivity index (χ1v) is 10.6. The van der Waals surface area contributed by atoms with Gasteiger partial charge in [-0.05, 0) is 76.0 Å². The molecule has 0 bridgehead atoms. The van der Waals surface area contributed by atoms with Gasteiger partial charge in [-0.15, -0.1) is 0 Å². The molecule has 1 aliphatic rings. The molecule has 1 aliphatic heterocycles. The molecule has 6 heteroatoms. The summed E-state index contributed by atoms with van der Waals surface area (Å²) < 4.78 is 11.7. The standard InChI is InChI=1S/C24H28N2O4/c1-15-11-16(2)23-18(12-15)20(27)13-22(30-23)24(28)25-14-19(21-8-7-17(3)29-21)26-9-5-4-6-10-26/h7-8,11-13,19H,4-6,9-10,14H2,1-3H3,(H,25,28). The first-order valence-electron chi connectivity index (χ1n) is 10.6. The molecule has 4 rings (SSSR count). The van der Waals surface area contributed by atoms with Gasteiger partial charge in [-0.3, -0.25) is 14.5 Å². The number of fused-ring (bicyclic) bond motifs is 1. The number of hydrogen-bond donors (Lipinski definition) is 1. The van der Waals surface area contributed by atoms with Crippen LogP contribution in [0.2, 0.25) is 0 Å². The van der Waals surface area contributed by atoms with Crippen molar-refractivity contribution in [3.63, 3.8) is 0 Å². The Morgan fingerprint density at radius 2 is 1.83 bits per heavy atom. The predicted octanol–water partition coefficient (Wildman–Crippen LogP) is 4.27. The number of nitrogens with one attached hydrogen (secondary N) is 1. The average molecular weight is 408 g/mol. The second-order valence-corrected chi connectivity index (χ2v) is 8.20. The van der Waals surface area contributed by atoms with Crippen molar-refractivity contribution < 1.29 is 13.6 Å². The monoisotopic (exact) mass is 408 g/mol. The van der Waals surface area contributed by atoms with Crippen LogP contribution in [0.3, 0.4) is 0 Å². The molecule has 1 N–H and O–H groups in total. The zero-order valence-electron chi connectivity index (χ0n) is 17.8. The van der Waals surface area contributed by atoms with Gasteiger partial charge in [0.1, 0.15) is 17.1 Å². The quantitative estimate of drug-likeness (QED) is 0.682. The number of carbonyl (C=O) groups excluding carboxylic acids is 1. The summed E-state index contributed by atoms with van der Waals surface area (Å²) in [5.74, 6) is 1.34. The summed E-state index contributed by atoms with van der Waals surface area (Å²) >= 11 is 0. The minimum absolute atomic E-state index is 0.0347. The molecule has 1 amide bonds. The maximum atomic E-state index is 12.8. The lowest BCUT2D eigenvalue weighted by Gasteiger charge is -2.33. The molecule has 0 aliphatic carbocycles. The lowest BCUT2D eigenvalue weighted by molar-refractivity contribution is 0.0887. The van der Waals surface area contributed by atoms with E-state index in [0.29, 0.717) is 17.5 Å². The van der Waals surface area contributed by atoms with E-state index in [9.17, 15) is 9.59 Å². The smallest absolute Gasteiger partial charge is 0.287 e. The highest BCUT2D eigenvalue weighted by Crippen LogP contribution is 2.26. The molecule has 1 fully saturated rings. The third kappa shape index (κ3) is 4.19. The van der Waals surface area contributed by atoms with Crippen molar-refractivity contribution in [3.05, 3.63) is 69.0 Å². The van der Waals surface area contributed by atoms with Crippen LogP contribution < -0.4 is 10.7 Å². The number of nitrogens with zero attached hydrogens (tertiary/aromatic N) is 1. The van der Waals surface area contributed by atoms with Gasteiger partial charge in [-0.1, -0.05) is 12.5 Å². The molecule has 3 aromatic rings. The Balaban J connectivity index is 1.57. The Morgan fingerprint density at radius 3 is 2.53 bits per heavy atom. The Morgan fingerprint density at radius 1 is 1.07 bits per heavy atom. The molecule has 0 saturated carbocycles. The van der Waals surface area contributed by atoms with Gasteiger partial charge in [-0.2, -0.15) is 0 Å². The summed E-state index contributed by atoms with van der Waals surface area (Å²) in [4.78, 5) is 27.8. The highest BCUT2D eigenvalue weighted by Gasteiger charge is 2.26. The molecule has 30 heavy (non-hydrogen) atoms. The largest absolute Gasteiger partial charge is 0.465 e. The molecule has 0 spiro atoms. The van der Waals surface area contributed by atoms with Crippen molar-refractivity contribution in [2.45, 2.75) is 46.1 Å². The van der Waals surface area contributed by atoms with Crippen molar-refractivity contribution in [2.75, 3.05) is 19.6 Å². The summed E-state index contributed by atoms with van der Waals surface area (Å²) in [6, 6.07) is 8.90. The highest BCUT2D eigenvalue weighted by molar-refractivity contribution is 5.93. The van der Waals surface area contributed by atoms with E-state index >= 15 is 0 Å². The fraction of sp³-hybridized carbons (Fsp3) is 0.417. The zero-order chi connectivity index (χ0) is 21.3. The highest BCUT2D eigenvalue weighted by atomic mass is 16.3. The number of benzene rings is 1. The third-order valence-electron chi connectivity index (χ3n) is 5.76. The first-order chi connectivity index (χ1) is 14.4. The van der Waals surface area contributed by atoms with E-state index in [1.54, 1.807) is 6.07 Å². The molecule has 1 unspecified atom stereocenters. The van der Waals surface area contributed by atoms with E-state index in [0.717, 1.165) is 48.6 Å². The van der Waals surface area contributed by atoms with Crippen LogP contribution in [0.4, 0.5) is 0 Å². The summed E-state index contributed by atoms with van der Waals surface area (Å²) in [5, 5.41) is 3.45. The van der Waals surface area contributed by atoms with E-state index < -0.39 is 0 Å². The Kier molecular flexibility index (Phi) is 5.77. The van der Waals surface area contributed by atoms with Crippen LogP contribution in [0, 0.1) is 20.8 Å². The number of likely N-dealkylation sites (tertiary alicyclic amines) is 1. The van der Waals surface area contributed by atoms with Crippen molar-refractivity contribution in [1.82, 2.24) is 10.2 Å². The number of carbonyl (C=O) groups is 1. The molecule has 1 aromatic carbocycles. The van der Waals surface area contributed by atoms with Gasteiger partial charge in [0.15, 0.2) is 11.2 Å². The number of furan rings is 1. The van der Waals surface area contributed by atoms with Gasteiger partial charge < -0.3 is 14.2 Å². The maximum absolute atomic E-state index is 12.8. The number of rotatable bonds is 5. The maximum Gasteiger partial charge on any atom is 0.287 e. The minimum atomic E-state index is -0.390. The van der Waals surface area contributed by atoms with Gasteiger partial charge in [-0.25, -0.2) is 0 Å². The van der Waals surface area contributed by atoms with Crippen molar-refractivity contribution in [3.8, 4) is 0 Å². The van der Waals surface area contributed by atoms with Gasteiger partial charge in [0.2, 0.25) is 0 Å². The molecule has 1 atom stereocenters. The Labute approximate surface area is 175 Å². The molecule has 158 valence electrons. The van der Waals surface area contributed by atoms with E-state index in [1.807, 2.05) is 39.0 Å². The average Bonchev–Trinajstić information content (AvgIpc) is 3.15. The van der Waals surface area contributed by atoms with Crippen LogP contribution >= 0.6 is 0 Å². The second kappa shape index (κ2) is 8.48. The van der Waals surface area contributed by atoms with Gasteiger partial charge in [0.05, 0.1) is 11.4 Å². The van der Waals surface area contributed by atoms with E-state index in [-0.39, 0.29) is 23.1 Å². The summed E-state index contributed by atoms with van der Waals surface area (Å²) in [7, 11) is 0. The van der Waals surface area contributed by atoms with E-state index in [4.69, 9.17) is 8.83 Å². The molecule has 3 heterocycles. The SMILES string of the molecule is Cc1cc(C)c2oc(C(=O)NCC(c3ccc(C)o3)N3CCCCC3)cc(=O)c2c1. The van der Waals surface area contributed by atoms with Crippen LogP contribution in [-0.2, 0) is 0 Å². The molecule has 6 nitrogen and oxygen atoms in total. The van der Waals surface area contributed by atoms with Crippen LogP contribution in [0.25, 0.3) is 11.0 Å². The predicted molar refractivity (Wildman–Crippen MR) is 116 cm³/mol. The Bertz CT molecular complexity index is 1120. The third-order valence-corrected chi connectivity index (χ3v) is 5.76. The fourth-order valence-electron chi connectivity index (χ4n) is 4.27. The molecular weight excluding hydrogens is 380 g/mol. The molecule has 2 aromatic heterocycles. The van der Waals surface area contributed by atoms with Crippen LogP contribution in [0.15, 0.2) is 44.0 Å². The van der Waals surface area contributed by atoms with Crippen molar-refractivity contribution in [1.29, 1.82) is 0 Å². The number of hydrogen-bond acceptors (Lipinski definition) is 5. The minimum Gasteiger partial charge on any atom is -0.465 e. The van der Waals surface area contributed by atoms with Crippen molar-refractivity contribution in [2.24, 2.45) is 0 Å². The Hall–Kier alpha value is -2.86. The van der Waals surface area contributed by atoms with E-state index in [1.165, 1.54) is 12.5 Å². The molecule has 0 radical (unpaired) electrons. The summed E-state index contributed by atoms with van der Waals surface area (Å²) in [6.45, 7) is 8.08. The normalized spacial score (nSPS) is 16.0. The summed E-state index contributed by atoms with van der Waals surface area (Å²) in [5.41, 5.74) is 2.09.